The number of benzene rings is 9. The molecule has 5 nitrogen and oxygen atoms in total. The van der Waals surface area contributed by atoms with Crippen LogP contribution < -0.4 is 0 Å². The Kier molecular flexibility index (Phi) is 6.92. The summed E-state index contributed by atoms with van der Waals surface area (Å²) in [6.07, 6.45) is 0. The van der Waals surface area contributed by atoms with Gasteiger partial charge in [0, 0.05) is 54.3 Å². The van der Waals surface area contributed by atoms with E-state index in [1.807, 2.05) is 0 Å². The van der Waals surface area contributed by atoms with Crippen molar-refractivity contribution in [2.24, 2.45) is 0 Å². The molecule has 0 aliphatic carbocycles. The summed E-state index contributed by atoms with van der Waals surface area (Å²) in [6, 6.07) is 61.1. The summed E-state index contributed by atoms with van der Waals surface area (Å²) < 4.78 is 7.30. The van der Waals surface area contributed by atoms with Crippen molar-refractivity contribution in [1.82, 2.24) is 23.3 Å². The molecule has 0 bridgehead atoms. The van der Waals surface area contributed by atoms with Crippen LogP contribution in [0.25, 0.3) is 137 Å². The lowest BCUT2D eigenvalue weighted by atomic mass is 9.85. The lowest BCUT2D eigenvalue weighted by Crippen LogP contribution is -2.10. The zero-order valence-corrected chi connectivity index (χ0v) is 38.3. The van der Waals surface area contributed by atoms with Crippen molar-refractivity contribution in [1.29, 1.82) is 0 Å². The van der Waals surface area contributed by atoms with Crippen molar-refractivity contribution in [3.05, 3.63) is 175 Å². The minimum atomic E-state index is -0.104. The van der Waals surface area contributed by atoms with Crippen LogP contribution in [0.5, 0.6) is 0 Å². The predicted octanol–water partition coefficient (Wildman–Crippen LogP) is 16.4. The van der Waals surface area contributed by atoms with Crippen LogP contribution in [0, 0.1) is 0 Å². The summed E-state index contributed by atoms with van der Waals surface area (Å²) in [5.74, 6) is 0. The number of hydrogen-bond acceptors (Lipinski definition) is 2. The van der Waals surface area contributed by atoms with Crippen LogP contribution in [-0.2, 0) is 10.8 Å². The molecule has 0 amide bonds. The Bertz CT molecular complexity index is 4620. The highest BCUT2D eigenvalue weighted by molar-refractivity contribution is 6.32. The Labute approximate surface area is 385 Å². The average molecular weight is 860 g/mol. The minimum Gasteiger partial charge on any atom is -0.309 e. The molecule has 0 aliphatic heterocycles. The third-order valence-corrected chi connectivity index (χ3v) is 15.1. The fourth-order valence-corrected chi connectivity index (χ4v) is 11.9. The van der Waals surface area contributed by atoms with Crippen LogP contribution in [0.15, 0.2) is 164 Å². The maximum atomic E-state index is 5.89. The van der Waals surface area contributed by atoms with Gasteiger partial charge in [-0.2, -0.15) is 0 Å². The molecule has 5 heteroatoms. The van der Waals surface area contributed by atoms with Gasteiger partial charge in [-0.15, -0.1) is 0 Å². The largest absolute Gasteiger partial charge is 0.309 e. The molecule has 0 radical (unpaired) electrons. The van der Waals surface area contributed by atoms with Crippen LogP contribution in [0.4, 0.5) is 0 Å². The second-order valence-corrected chi connectivity index (χ2v) is 21.0. The first-order valence-electron chi connectivity index (χ1n) is 23.6. The van der Waals surface area contributed by atoms with Gasteiger partial charge in [-0.1, -0.05) is 139 Å². The van der Waals surface area contributed by atoms with Gasteiger partial charge in [0.2, 0.25) is 0 Å². The van der Waals surface area contributed by atoms with Gasteiger partial charge in [0.1, 0.15) is 11.0 Å². The van der Waals surface area contributed by atoms with E-state index in [9.17, 15) is 0 Å². The standard InChI is InChI=1S/C62H45N5/c1-61(2,3)37-25-27-51-46(31-37)53-41-21-13-11-17-35(41)29-47-54-59(66(51)58(47)53)63-55-48-33-38(62(4,5)6)32-45-44-28-34-16-10-12-20-40(34)52(57(44)67(56(45)48)60(55)64-54)36-24-26-50-43(30-36)42-22-14-15-23-49(42)65(50)39-18-8-7-9-19-39/h7-33H,1-6H3. The summed E-state index contributed by atoms with van der Waals surface area (Å²) in [7, 11) is 0. The lowest BCUT2D eigenvalue weighted by molar-refractivity contribution is 0.591. The van der Waals surface area contributed by atoms with Crippen LogP contribution in [0.1, 0.15) is 52.7 Å². The molecule has 0 aliphatic rings. The molecule has 0 saturated carbocycles. The number of para-hydroxylation sites is 2. The molecule has 0 unspecified atom stereocenters. The molecule has 67 heavy (non-hydrogen) atoms. The highest BCUT2D eigenvalue weighted by Crippen LogP contribution is 2.49. The summed E-state index contributed by atoms with van der Waals surface area (Å²) in [5, 5.41) is 14.7. The highest BCUT2D eigenvalue weighted by Gasteiger charge is 2.30. The smallest absolute Gasteiger partial charge is 0.165 e. The number of rotatable bonds is 2. The van der Waals surface area contributed by atoms with E-state index in [2.05, 4.69) is 219 Å². The number of nitrogens with zero attached hydrogens (tertiary/aromatic N) is 5. The minimum absolute atomic E-state index is 0.00927. The van der Waals surface area contributed by atoms with E-state index in [-0.39, 0.29) is 10.8 Å². The van der Waals surface area contributed by atoms with Crippen LogP contribution in [-0.4, -0.2) is 23.3 Å². The van der Waals surface area contributed by atoms with Crippen molar-refractivity contribution in [3.8, 4) is 16.8 Å². The Morgan fingerprint density at radius 3 is 1.70 bits per heavy atom. The van der Waals surface area contributed by atoms with Gasteiger partial charge in [-0.25, -0.2) is 9.97 Å². The third-order valence-electron chi connectivity index (χ3n) is 15.1. The van der Waals surface area contributed by atoms with E-state index < -0.39 is 0 Å². The topological polar surface area (TPSA) is 39.5 Å². The molecule has 0 fully saturated rings. The summed E-state index contributed by atoms with van der Waals surface area (Å²) in [6.45, 7) is 13.9. The molecule has 9 aromatic carbocycles. The maximum absolute atomic E-state index is 5.89. The zero-order chi connectivity index (χ0) is 44.8. The molecular formula is C62H45N5. The summed E-state index contributed by atoms with van der Waals surface area (Å²) in [5.41, 5.74) is 16.8. The lowest BCUT2D eigenvalue weighted by Gasteiger charge is -2.19. The molecule has 6 aromatic heterocycles. The fraction of sp³-hybridized carbons (Fsp3) is 0.129. The molecule has 0 N–H and O–H groups in total. The van der Waals surface area contributed by atoms with Gasteiger partial charge in [0.15, 0.2) is 11.3 Å². The van der Waals surface area contributed by atoms with Crippen LogP contribution in [0.2, 0.25) is 0 Å². The van der Waals surface area contributed by atoms with E-state index in [4.69, 9.17) is 9.97 Å². The van der Waals surface area contributed by atoms with Crippen molar-refractivity contribution >= 4 is 120 Å². The summed E-state index contributed by atoms with van der Waals surface area (Å²) in [4.78, 5) is 11.7. The normalized spacial score (nSPS) is 13.2. The molecule has 15 aromatic rings. The maximum Gasteiger partial charge on any atom is 0.165 e. The first-order chi connectivity index (χ1) is 32.5. The van der Waals surface area contributed by atoms with Crippen molar-refractivity contribution in [3.63, 3.8) is 0 Å². The van der Waals surface area contributed by atoms with Crippen molar-refractivity contribution < 1.29 is 0 Å². The third kappa shape index (κ3) is 4.78. The molecule has 6 heterocycles. The van der Waals surface area contributed by atoms with Gasteiger partial charge in [0.25, 0.3) is 0 Å². The monoisotopic (exact) mass is 859 g/mol. The highest BCUT2D eigenvalue weighted by atomic mass is 15.1. The second-order valence-electron chi connectivity index (χ2n) is 21.0. The van der Waals surface area contributed by atoms with E-state index in [1.165, 1.54) is 109 Å². The molecule has 0 spiro atoms. The Morgan fingerprint density at radius 1 is 0.373 bits per heavy atom. The van der Waals surface area contributed by atoms with Gasteiger partial charge >= 0.3 is 0 Å². The fourth-order valence-electron chi connectivity index (χ4n) is 11.9. The van der Waals surface area contributed by atoms with E-state index in [1.54, 1.807) is 0 Å². The Hall–Kier alpha value is -8.02. The number of aromatic nitrogens is 5. The van der Waals surface area contributed by atoms with Gasteiger partial charge in [-0.05, 0) is 116 Å². The first-order valence-corrected chi connectivity index (χ1v) is 23.6. The second kappa shape index (κ2) is 12.4. The van der Waals surface area contributed by atoms with E-state index >= 15 is 0 Å². The van der Waals surface area contributed by atoms with Gasteiger partial charge < -0.3 is 4.57 Å². The SMILES string of the molecule is CC(C)(C)c1ccc2c(c1)c1c3ccccc3cc3c4nc5c(nc4n2c31)c1cc(C(C)(C)C)cc2c3cc4ccccc4c(-c4ccc6c(c4)c4ccccc4n6-c4ccccc4)c3n5c21. The van der Waals surface area contributed by atoms with Gasteiger partial charge in [-0.3, -0.25) is 8.80 Å². The molecule has 15 rings (SSSR count). The molecule has 0 saturated heterocycles. The first kappa shape index (κ1) is 37.2. The van der Waals surface area contributed by atoms with Crippen molar-refractivity contribution in [2.75, 3.05) is 0 Å². The van der Waals surface area contributed by atoms with Crippen LogP contribution >= 0.6 is 0 Å². The van der Waals surface area contributed by atoms with E-state index in [0.717, 1.165) is 38.8 Å². The number of fused-ring (bicyclic) bond motifs is 18. The predicted molar refractivity (Wildman–Crippen MR) is 284 cm³/mol. The van der Waals surface area contributed by atoms with Crippen LogP contribution in [0.3, 0.4) is 0 Å². The zero-order valence-electron chi connectivity index (χ0n) is 38.3. The molecular weight excluding hydrogens is 815 g/mol. The molecule has 0 atom stereocenters. The number of hydrogen-bond donors (Lipinski definition) is 0. The quantitative estimate of drug-likeness (QED) is 0.174. The molecule has 318 valence electrons. The summed E-state index contributed by atoms with van der Waals surface area (Å²) >= 11 is 0. The van der Waals surface area contributed by atoms with Crippen molar-refractivity contribution in [2.45, 2.75) is 52.4 Å². The Balaban J connectivity index is 1.13. The van der Waals surface area contributed by atoms with Gasteiger partial charge in [0.05, 0.1) is 33.1 Å². The van der Waals surface area contributed by atoms with E-state index in [0.29, 0.717) is 0 Å². The average Bonchev–Trinajstić information content (AvgIpc) is 4.12. The Morgan fingerprint density at radius 2 is 0.940 bits per heavy atom.